The van der Waals surface area contributed by atoms with Gasteiger partial charge in [-0.05, 0) is 98.9 Å². The minimum absolute atomic E-state index is 0.0123. The van der Waals surface area contributed by atoms with Crippen LogP contribution < -0.4 is 9.30 Å². The Kier molecular flexibility index (Phi) is 9.82. The summed E-state index contributed by atoms with van der Waals surface area (Å²) in [6.45, 7) is 16.2. The van der Waals surface area contributed by atoms with Gasteiger partial charge in [0.25, 0.3) is 6.33 Å². The van der Waals surface area contributed by atoms with Gasteiger partial charge in [-0.3, -0.25) is 13.7 Å². The predicted molar refractivity (Wildman–Crippen MR) is 294 cm³/mol. The van der Waals surface area contributed by atoms with E-state index in [1.54, 1.807) is 0 Å². The van der Waals surface area contributed by atoms with Gasteiger partial charge in [-0.2, -0.15) is 0 Å². The zero-order chi connectivity index (χ0) is 49.1. The molecule has 0 atom stereocenters. The van der Waals surface area contributed by atoms with E-state index in [9.17, 15) is 0 Å². The van der Waals surface area contributed by atoms with E-state index in [0.29, 0.717) is 11.5 Å². The largest absolute Gasteiger partial charge is 0.458 e. The van der Waals surface area contributed by atoms with E-state index in [1.807, 2.05) is 6.20 Å². The summed E-state index contributed by atoms with van der Waals surface area (Å²) in [6, 6.07) is 64.8. The molecule has 0 N–H and O–H groups in total. The van der Waals surface area contributed by atoms with Crippen molar-refractivity contribution < 1.29 is 13.7 Å². The maximum Gasteiger partial charge on any atom is 0.269 e. The number of fused-ring (bicyclic) bond motifs is 9. The Morgan fingerprint density at radius 3 is 1.99 bits per heavy atom. The minimum Gasteiger partial charge on any atom is -0.458 e. The van der Waals surface area contributed by atoms with Crippen molar-refractivity contribution in [3.8, 4) is 50.9 Å². The van der Waals surface area contributed by atoms with Gasteiger partial charge in [-0.15, -0.1) is 0 Å². The topological polar surface area (TPSA) is 49.0 Å². The molecule has 0 aliphatic heterocycles. The summed E-state index contributed by atoms with van der Waals surface area (Å²) in [5, 5.41) is 4.39. The van der Waals surface area contributed by atoms with Crippen molar-refractivity contribution in [2.24, 2.45) is 0 Å². The second-order valence-corrected chi connectivity index (χ2v) is 22.0. The van der Waals surface area contributed by atoms with Gasteiger partial charge in [0.15, 0.2) is 0 Å². The van der Waals surface area contributed by atoms with Gasteiger partial charge in [-0.1, -0.05) is 182 Å². The van der Waals surface area contributed by atoms with Gasteiger partial charge in [0.05, 0.1) is 33.4 Å². The normalized spacial score (nSPS) is 14.4. The zero-order valence-electron chi connectivity index (χ0n) is 41.9. The first-order valence-corrected chi connectivity index (χ1v) is 25.2. The van der Waals surface area contributed by atoms with Gasteiger partial charge in [0.2, 0.25) is 0 Å². The molecular formula is C66H56N4O2. The second-order valence-electron chi connectivity index (χ2n) is 22.0. The third-order valence-electron chi connectivity index (χ3n) is 15.4. The van der Waals surface area contributed by atoms with Crippen LogP contribution in [0.25, 0.3) is 94.2 Å². The summed E-state index contributed by atoms with van der Waals surface area (Å²) in [6.07, 6.45) is 8.09. The van der Waals surface area contributed by atoms with E-state index in [-0.39, 0.29) is 16.2 Å². The number of nitrogens with zero attached hydrogens (tertiary/aromatic N) is 4. The standard InChI is InChI=1S/C66H56N4O2/c1-64(2,3)44-33-36-67-59(37-44)70-53-26-15-14-23-49(53)50-30-29-45(38-56(50)70)71-46-39-57(60-51-31-32-52-61(63(51)72-58(60)40-46)66(6,7)35-34-65(52,4)5)68-41-69(55-28-17-16-27-54(55)68)62-47(42-19-10-8-11-20-42)24-18-25-48(62)43-21-12-9-13-22-43/h8-33,36-40H,34-35H2,1-7H3. The number of aromatic nitrogens is 4. The maximum atomic E-state index is 7.28. The van der Waals surface area contributed by atoms with E-state index in [4.69, 9.17) is 14.1 Å². The molecule has 1 aliphatic rings. The van der Waals surface area contributed by atoms with Gasteiger partial charge >= 0.3 is 0 Å². The molecule has 0 radical (unpaired) electrons. The molecule has 0 unspecified atom stereocenters. The van der Waals surface area contributed by atoms with Crippen LogP contribution in [0.5, 0.6) is 11.5 Å². The lowest BCUT2D eigenvalue weighted by molar-refractivity contribution is -0.570. The molecule has 0 fully saturated rings. The molecule has 0 saturated carbocycles. The molecule has 4 heterocycles. The number of furan rings is 1. The lowest BCUT2D eigenvalue weighted by Gasteiger charge is -2.41. The summed E-state index contributed by atoms with van der Waals surface area (Å²) >= 11 is 0. The van der Waals surface area contributed by atoms with Crippen LogP contribution in [0.15, 0.2) is 193 Å². The van der Waals surface area contributed by atoms with Crippen LogP contribution in [0, 0.1) is 6.33 Å². The van der Waals surface area contributed by atoms with Crippen LogP contribution in [-0.2, 0) is 16.2 Å². The van der Waals surface area contributed by atoms with Crippen LogP contribution in [0.1, 0.15) is 78.0 Å². The fraction of sp³-hybridized carbons (Fsp3) is 0.182. The van der Waals surface area contributed by atoms with E-state index in [2.05, 4.69) is 250 Å². The number of imidazole rings is 1. The molecule has 0 bridgehead atoms. The Bertz CT molecular complexity index is 4050. The highest BCUT2D eigenvalue weighted by Gasteiger charge is 2.40. The maximum absolute atomic E-state index is 7.28. The molecule has 8 aromatic carbocycles. The molecule has 13 rings (SSSR count). The van der Waals surface area contributed by atoms with Crippen molar-refractivity contribution >= 4 is 54.8 Å². The van der Waals surface area contributed by atoms with Crippen LogP contribution in [0.2, 0.25) is 0 Å². The molecule has 72 heavy (non-hydrogen) atoms. The van der Waals surface area contributed by atoms with Crippen molar-refractivity contribution in [3.63, 3.8) is 0 Å². The number of rotatable bonds is 7. The first-order valence-electron chi connectivity index (χ1n) is 25.2. The minimum atomic E-state index is -0.0862. The highest BCUT2D eigenvalue weighted by molar-refractivity contribution is 6.11. The smallest absolute Gasteiger partial charge is 0.269 e. The van der Waals surface area contributed by atoms with Crippen LogP contribution >= 0.6 is 0 Å². The zero-order valence-corrected chi connectivity index (χ0v) is 41.9. The molecule has 352 valence electrons. The summed E-state index contributed by atoms with van der Waals surface area (Å²) in [5.41, 5.74) is 16.1. The molecule has 12 aromatic rings. The van der Waals surface area contributed by atoms with Crippen LogP contribution in [0.4, 0.5) is 0 Å². The summed E-state index contributed by atoms with van der Waals surface area (Å²) in [5.74, 6) is 2.24. The summed E-state index contributed by atoms with van der Waals surface area (Å²) in [7, 11) is 0. The predicted octanol–water partition coefficient (Wildman–Crippen LogP) is 16.9. The number of hydrogen-bond acceptors (Lipinski definition) is 3. The van der Waals surface area contributed by atoms with Gasteiger partial charge in [0, 0.05) is 45.4 Å². The van der Waals surface area contributed by atoms with Crippen molar-refractivity contribution in [2.45, 2.75) is 77.6 Å². The highest BCUT2D eigenvalue weighted by atomic mass is 16.5. The fourth-order valence-corrected chi connectivity index (χ4v) is 11.6. The van der Waals surface area contributed by atoms with Crippen LogP contribution in [0.3, 0.4) is 0 Å². The molecule has 1 aliphatic carbocycles. The Morgan fingerprint density at radius 2 is 1.25 bits per heavy atom. The number of hydrogen-bond donors (Lipinski definition) is 0. The average molecular weight is 937 g/mol. The first-order chi connectivity index (χ1) is 34.8. The highest BCUT2D eigenvalue weighted by Crippen LogP contribution is 2.51. The molecule has 0 amide bonds. The van der Waals surface area contributed by atoms with Crippen molar-refractivity contribution in [3.05, 3.63) is 211 Å². The molecule has 4 aromatic heterocycles. The Labute approximate surface area is 420 Å². The quantitative estimate of drug-likeness (QED) is 0.118. The van der Waals surface area contributed by atoms with E-state index in [0.717, 1.165) is 107 Å². The monoisotopic (exact) mass is 936 g/mol. The van der Waals surface area contributed by atoms with Gasteiger partial charge < -0.3 is 9.15 Å². The number of para-hydroxylation sites is 4. The average Bonchev–Trinajstić information content (AvgIpc) is 4.07. The van der Waals surface area contributed by atoms with E-state index >= 15 is 0 Å². The third-order valence-corrected chi connectivity index (χ3v) is 15.4. The molecule has 0 saturated heterocycles. The Balaban J connectivity index is 1.06. The fourth-order valence-electron chi connectivity index (χ4n) is 11.6. The van der Waals surface area contributed by atoms with Crippen molar-refractivity contribution in [1.29, 1.82) is 0 Å². The van der Waals surface area contributed by atoms with E-state index < -0.39 is 0 Å². The third kappa shape index (κ3) is 6.98. The molecule has 0 spiro atoms. The van der Waals surface area contributed by atoms with Crippen molar-refractivity contribution in [1.82, 2.24) is 14.1 Å². The summed E-state index contributed by atoms with van der Waals surface area (Å²) in [4.78, 5) is 4.95. The van der Waals surface area contributed by atoms with Gasteiger partial charge in [0.1, 0.15) is 28.5 Å². The molecule has 6 nitrogen and oxygen atoms in total. The number of pyridine rings is 1. The Morgan fingerprint density at radius 1 is 0.597 bits per heavy atom. The number of ether oxygens (including phenoxy) is 1. The van der Waals surface area contributed by atoms with Crippen molar-refractivity contribution in [2.75, 3.05) is 0 Å². The lowest BCUT2D eigenvalue weighted by Crippen LogP contribution is -2.33. The van der Waals surface area contributed by atoms with Gasteiger partial charge in [-0.25, -0.2) is 4.98 Å². The molecular weight excluding hydrogens is 881 g/mol. The van der Waals surface area contributed by atoms with E-state index in [1.165, 1.54) is 16.7 Å². The first kappa shape index (κ1) is 43.8. The Hall–Kier alpha value is -8.22. The SMILES string of the molecule is CC(C)(C)c1ccnc(-n2c3ccccc3c3ccc(Oc4cc(-[n+]5[c-]n(-c6c(-c7ccccc7)cccc6-c6ccccc6)c6ccccc65)c5c(c4)oc4c6c(ccc45)C(C)(C)CCC6(C)C)cc32)c1. The number of benzene rings is 8. The van der Waals surface area contributed by atoms with Crippen LogP contribution in [-0.4, -0.2) is 14.1 Å². The summed E-state index contributed by atoms with van der Waals surface area (Å²) < 4.78 is 21.2. The second kappa shape index (κ2) is 16.2. The lowest BCUT2D eigenvalue weighted by atomic mass is 9.63. The molecule has 6 heteroatoms.